The number of ether oxygens (including phenoxy) is 2. The Labute approximate surface area is 123 Å². The van der Waals surface area contributed by atoms with Gasteiger partial charge in [0.1, 0.15) is 0 Å². The van der Waals surface area contributed by atoms with Crippen molar-refractivity contribution >= 4 is 18.1 Å². The molecule has 1 aliphatic rings. The van der Waals surface area contributed by atoms with E-state index in [1.807, 2.05) is 0 Å². The molecule has 1 aliphatic heterocycles. The number of carbonyl (C=O) groups is 3. The van der Waals surface area contributed by atoms with Gasteiger partial charge in [-0.2, -0.15) is 0 Å². The number of methoxy groups -OCH3 is 1. The van der Waals surface area contributed by atoms with Gasteiger partial charge in [-0.25, -0.2) is 9.59 Å². The predicted molar refractivity (Wildman–Crippen MR) is 74.0 cm³/mol. The van der Waals surface area contributed by atoms with Crippen LogP contribution in [0.5, 0.6) is 0 Å². The topological polar surface area (TPSA) is 88.2 Å². The number of hydrogen-bond acceptors (Lipinski definition) is 5. The quantitative estimate of drug-likeness (QED) is 0.787. The van der Waals surface area contributed by atoms with Crippen molar-refractivity contribution in [2.24, 2.45) is 0 Å². The Morgan fingerprint density at radius 3 is 2.33 bits per heavy atom. The van der Waals surface area contributed by atoms with Crippen LogP contribution in [0.3, 0.4) is 0 Å². The van der Waals surface area contributed by atoms with Crippen LogP contribution in [-0.4, -0.2) is 53.6 Å². The summed E-state index contributed by atoms with van der Waals surface area (Å²) in [5.41, 5.74) is -0.477. The van der Waals surface area contributed by atoms with Crippen molar-refractivity contribution in [2.45, 2.75) is 33.2 Å². The minimum absolute atomic E-state index is 0.0131. The minimum Gasteiger partial charge on any atom is -0.452 e. The van der Waals surface area contributed by atoms with Crippen LogP contribution in [0.1, 0.15) is 27.7 Å². The lowest BCUT2D eigenvalue weighted by atomic mass is 10.1. The second-order valence-electron chi connectivity index (χ2n) is 5.57. The first-order valence-electron chi connectivity index (χ1n) is 6.48. The average molecular weight is 299 g/mol. The number of carbonyl (C=O) groups excluding carboxylic acids is 3. The summed E-state index contributed by atoms with van der Waals surface area (Å²) in [5.74, 6) is -0.296. The Morgan fingerprint density at radius 2 is 1.86 bits per heavy atom. The van der Waals surface area contributed by atoms with E-state index in [1.54, 1.807) is 20.8 Å². The van der Waals surface area contributed by atoms with Gasteiger partial charge in [-0.1, -0.05) is 0 Å². The lowest BCUT2D eigenvalue weighted by Gasteiger charge is -2.32. The molecule has 0 saturated heterocycles. The maximum Gasteiger partial charge on any atom is 0.414 e. The molecule has 0 spiro atoms. The first-order chi connectivity index (χ1) is 9.64. The number of alkyl carbamates (subject to hydrolysis) is 1. The van der Waals surface area contributed by atoms with E-state index < -0.39 is 17.7 Å². The van der Waals surface area contributed by atoms with Crippen LogP contribution in [-0.2, 0) is 14.3 Å². The van der Waals surface area contributed by atoms with E-state index >= 15 is 0 Å². The highest BCUT2D eigenvalue weighted by atomic mass is 16.6. The molecule has 0 radical (unpaired) electrons. The molecular weight excluding hydrogens is 278 g/mol. The van der Waals surface area contributed by atoms with Crippen LogP contribution < -0.4 is 5.32 Å². The molecule has 1 rings (SSSR count). The molecule has 118 valence electrons. The van der Waals surface area contributed by atoms with Gasteiger partial charge in [0.05, 0.1) is 13.3 Å². The molecule has 1 N–H and O–H groups in total. The van der Waals surface area contributed by atoms with Crippen molar-refractivity contribution < 1.29 is 23.9 Å². The molecule has 3 amide bonds. The third-order valence-corrected chi connectivity index (χ3v) is 2.56. The fourth-order valence-electron chi connectivity index (χ4n) is 1.67. The fraction of sp³-hybridized carbons (Fsp3) is 0.615. The maximum atomic E-state index is 11.8. The first kappa shape index (κ1) is 16.8. The smallest absolute Gasteiger partial charge is 0.414 e. The maximum absolute atomic E-state index is 11.8. The molecule has 0 aromatic heterocycles. The Balaban J connectivity index is 2.89. The number of hydrogen-bond donors (Lipinski definition) is 1. The number of nitrogens with zero attached hydrogens (tertiary/aromatic N) is 2. The predicted octanol–water partition coefficient (Wildman–Crippen LogP) is 1.24. The molecule has 1 heterocycles. The Bertz CT molecular complexity index is 467. The fourth-order valence-corrected chi connectivity index (χ4v) is 1.67. The second-order valence-corrected chi connectivity index (χ2v) is 5.57. The van der Waals surface area contributed by atoms with Crippen LogP contribution >= 0.6 is 0 Å². The Morgan fingerprint density at radius 1 is 1.24 bits per heavy atom. The van der Waals surface area contributed by atoms with E-state index in [4.69, 9.17) is 4.74 Å². The Kier molecular flexibility index (Phi) is 5.17. The van der Waals surface area contributed by atoms with Crippen LogP contribution in [0.2, 0.25) is 0 Å². The van der Waals surface area contributed by atoms with E-state index in [-0.39, 0.29) is 24.9 Å². The summed E-state index contributed by atoms with van der Waals surface area (Å²) in [5, 5.41) is 2.61. The van der Waals surface area contributed by atoms with Gasteiger partial charge in [-0.15, -0.1) is 0 Å². The monoisotopic (exact) mass is 299 g/mol. The van der Waals surface area contributed by atoms with Crippen molar-refractivity contribution in [3.05, 3.63) is 12.1 Å². The highest BCUT2D eigenvalue weighted by Gasteiger charge is 2.28. The van der Waals surface area contributed by atoms with E-state index in [0.717, 1.165) is 0 Å². The highest BCUT2D eigenvalue weighted by molar-refractivity contribution is 5.77. The average Bonchev–Trinajstić information content (AvgIpc) is 2.34. The lowest BCUT2D eigenvalue weighted by molar-refractivity contribution is -0.129. The summed E-state index contributed by atoms with van der Waals surface area (Å²) in [6.45, 7) is 7.23. The van der Waals surface area contributed by atoms with Crippen molar-refractivity contribution in [3.63, 3.8) is 0 Å². The minimum atomic E-state index is -0.702. The van der Waals surface area contributed by atoms with E-state index in [1.165, 1.54) is 30.0 Å². The van der Waals surface area contributed by atoms with E-state index in [0.29, 0.717) is 0 Å². The van der Waals surface area contributed by atoms with E-state index in [2.05, 4.69) is 10.1 Å². The van der Waals surface area contributed by atoms with Crippen molar-refractivity contribution in [1.29, 1.82) is 0 Å². The van der Waals surface area contributed by atoms with Gasteiger partial charge in [0.15, 0.2) is 0 Å². The Hall–Kier alpha value is -2.25. The summed E-state index contributed by atoms with van der Waals surface area (Å²) in [6.07, 6.45) is -0.0128. The molecule has 0 bridgehead atoms. The third-order valence-electron chi connectivity index (χ3n) is 2.56. The molecule has 8 heteroatoms. The molecule has 0 aliphatic carbocycles. The standard InChI is InChI=1S/C13H21N3O5/c1-9(17)16-7-6-15(12(19)20-5)8-10(16)21-11(18)14-13(2,3)4/h8H,6-7H2,1-5H3,(H,14,18). The zero-order valence-corrected chi connectivity index (χ0v) is 12.9. The summed E-state index contributed by atoms with van der Waals surface area (Å²) in [7, 11) is 1.25. The normalized spacial score (nSPS) is 15.2. The summed E-state index contributed by atoms with van der Waals surface area (Å²) >= 11 is 0. The zero-order valence-electron chi connectivity index (χ0n) is 12.9. The van der Waals surface area contributed by atoms with E-state index in [9.17, 15) is 14.4 Å². The molecule has 0 aromatic rings. The lowest BCUT2D eigenvalue weighted by Crippen LogP contribution is -2.46. The van der Waals surface area contributed by atoms with Crippen LogP contribution in [0, 0.1) is 0 Å². The molecule has 21 heavy (non-hydrogen) atoms. The summed E-state index contributed by atoms with van der Waals surface area (Å²) in [4.78, 5) is 37.4. The highest BCUT2D eigenvalue weighted by Crippen LogP contribution is 2.15. The van der Waals surface area contributed by atoms with Crippen molar-refractivity contribution in [3.8, 4) is 0 Å². The van der Waals surface area contributed by atoms with Crippen LogP contribution in [0.15, 0.2) is 12.1 Å². The molecule has 0 unspecified atom stereocenters. The summed E-state index contributed by atoms with van der Waals surface area (Å²) < 4.78 is 9.74. The first-order valence-corrected chi connectivity index (χ1v) is 6.48. The SMILES string of the molecule is COC(=O)N1C=C(OC(=O)NC(C)(C)C)N(C(C)=O)CC1. The van der Waals surface area contributed by atoms with Crippen LogP contribution in [0.25, 0.3) is 0 Å². The van der Waals surface area contributed by atoms with Crippen molar-refractivity contribution in [2.75, 3.05) is 20.2 Å². The van der Waals surface area contributed by atoms with Crippen molar-refractivity contribution in [1.82, 2.24) is 15.1 Å². The summed E-state index contributed by atoms with van der Waals surface area (Å²) in [6, 6.07) is 0. The van der Waals surface area contributed by atoms with Gasteiger partial charge in [0.2, 0.25) is 11.8 Å². The van der Waals surface area contributed by atoms with Gasteiger partial charge < -0.3 is 14.8 Å². The number of rotatable bonds is 1. The third kappa shape index (κ3) is 4.97. The van der Waals surface area contributed by atoms with Gasteiger partial charge in [-0.3, -0.25) is 14.6 Å². The van der Waals surface area contributed by atoms with Gasteiger partial charge >= 0.3 is 12.2 Å². The second kappa shape index (κ2) is 6.47. The largest absolute Gasteiger partial charge is 0.452 e. The van der Waals surface area contributed by atoms with Gasteiger partial charge in [0, 0.05) is 25.6 Å². The molecule has 0 atom stereocenters. The molecule has 8 nitrogen and oxygen atoms in total. The molecule has 0 aromatic carbocycles. The van der Waals surface area contributed by atoms with Crippen LogP contribution in [0.4, 0.5) is 9.59 Å². The number of amides is 3. The zero-order chi connectivity index (χ0) is 16.2. The molecular formula is C13H21N3O5. The number of nitrogens with one attached hydrogen (secondary N) is 1. The molecule has 0 saturated carbocycles. The van der Waals surface area contributed by atoms with Gasteiger partial charge in [0.25, 0.3) is 0 Å². The molecule has 0 fully saturated rings. The van der Waals surface area contributed by atoms with Gasteiger partial charge in [-0.05, 0) is 20.8 Å².